The molecule has 3 rings (SSSR count). The molecule has 7 heteroatoms. The first kappa shape index (κ1) is 16.0. The molecule has 1 fully saturated rings. The molecule has 1 aliphatic rings. The quantitative estimate of drug-likeness (QED) is 0.938. The van der Waals surface area contributed by atoms with Crippen LogP contribution in [0.4, 0.5) is 0 Å². The molecule has 5 nitrogen and oxygen atoms in total. The molecule has 2 aromatic rings. The zero-order valence-electron chi connectivity index (χ0n) is 11.8. The molecule has 0 radical (unpaired) electrons. The normalized spacial score (nSPS) is 14.8. The lowest BCUT2D eigenvalue weighted by molar-refractivity contribution is -0.131. The van der Waals surface area contributed by atoms with Crippen LogP contribution in [-0.2, 0) is 11.2 Å². The Hall–Kier alpha value is -1.37. The van der Waals surface area contributed by atoms with Crippen molar-refractivity contribution in [3.63, 3.8) is 0 Å². The summed E-state index contributed by atoms with van der Waals surface area (Å²) in [6.07, 6.45) is 0.371. The van der Waals surface area contributed by atoms with Crippen LogP contribution in [0.3, 0.4) is 0 Å². The molecular weight excluding hydrogens is 310 g/mol. The van der Waals surface area contributed by atoms with Gasteiger partial charge in [0.05, 0.1) is 12.1 Å². The van der Waals surface area contributed by atoms with Crippen molar-refractivity contribution in [2.24, 2.45) is 0 Å². The molecule has 0 bridgehead atoms. The maximum Gasteiger partial charge on any atom is 0.228 e. The van der Waals surface area contributed by atoms with Gasteiger partial charge in [0.2, 0.25) is 5.91 Å². The number of nitrogens with one attached hydrogen (secondary N) is 1. The summed E-state index contributed by atoms with van der Waals surface area (Å²) in [6, 6.07) is 3.83. The highest BCUT2D eigenvalue weighted by Gasteiger charge is 2.18. The number of hydrogen-bond donors (Lipinski definition) is 1. The lowest BCUT2D eigenvalue weighted by atomic mass is 10.2. The predicted octanol–water partition coefficient (Wildman–Crippen LogP) is 2.11. The lowest BCUT2D eigenvalue weighted by Crippen LogP contribution is -2.46. The topological polar surface area (TPSA) is 58.4 Å². The Kier molecular flexibility index (Phi) is 5.39. The third-order valence-electron chi connectivity index (χ3n) is 3.30. The van der Waals surface area contributed by atoms with Gasteiger partial charge < -0.3 is 14.6 Å². The smallest absolute Gasteiger partial charge is 0.228 e. The summed E-state index contributed by atoms with van der Waals surface area (Å²) in [5, 5.41) is 6.01. The van der Waals surface area contributed by atoms with Crippen LogP contribution in [0, 0.1) is 6.92 Å². The van der Waals surface area contributed by atoms with E-state index in [1.54, 1.807) is 0 Å². The number of amides is 1. The molecule has 1 aliphatic heterocycles. The van der Waals surface area contributed by atoms with Crippen LogP contribution in [0.5, 0.6) is 0 Å². The summed E-state index contributed by atoms with van der Waals surface area (Å²) in [5.41, 5.74) is 0.822. The summed E-state index contributed by atoms with van der Waals surface area (Å²) in [4.78, 5) is 18.5. The highest BCUT2D eigenvalue weighted by atomic mass is 35.5. The van der Waals surface area contributed by atoms with Gasteiger partial charge >= 0.3 is 0 Å². The van der Waals surface area contributed by atoms with Gasteiger partial charge in [-0.2, -0.15) is 0 Å². The minimum Gasteiger partial charge on any atom is -0.459 e. The monoisotopic (exact) mass is 327 g/mol. The van der Waals surface area contributed by atoms with Crippen molar-refractivity contribution in [3.05, 3.63) is 29.0 Å². The first-order chi connectivity index (χ1) is 9.72. The van der Waals surface area contributed by atoms with Crippen LogP contribution in [-0.4, -0.2) is 42.0 Å². The van der Waals surface area contributed by atoms with E-state index in [1.807, 2.05) is 29.3 Å². The van der Waals surface area contributed by atoms with Crippen molar-refractivity contribution in [1.82, 2.24) is 15.2 Å². The van der Waals surface area contributed by atoms with Crippen LogP contribution in [0.15, 0.2) is 21.9 Å². The molecule has 0 aromatic carbocycles. The molecule has 1 saturated heterocycles. The van der Waals surface area contributed by atoms with Crippen molar-refractivity contribution in [2.75, 3.05) is 26.2 Å². The number of carbonyl (C=O) groups is 1. The highest BCUT2D eigenvalue weighted by Crippen LogP contribution is 2.25. The SMILES string of the molecule is Cc1ccc(-c2nc(CC(=O)N3CCNCC3)cs2)o1.Cl. The van der Waals surface area contributed by atoms with Crippen LogP contribution in [0.2, 0.25) is 0 Å². The Morgan fingerprint density at radius 3 is 2.86 bits per heavy atom. The molecule has 0 saturated carbocycles. The molecule has 0 unspecified atom stereocenters. The molecule has 0 aliphatic carbocycles. The maximum atomic E-state index is 12.2. The second-order valence-corrected chi connectivity index (χ2v) is 5.72. The number of furan rings is 1. The highest BCUT2D eigenvalue weighted by molar-refractivity contribution is 7.13. The van der Waals surface area contributed by atoms with E-state index in [0.29, 0.717) is 6.42 Å². The van der Waals surface area contributed by atoms with E-state index in [0.717, 1.165) is 48.4 Å². The number of nitrogens with zero attached hydrogens (tertiary/aromatic N) is 2. The molecule has 0 spiro atoms. The van der Waals surface area contributed by atoms with Gasteiger partial charge in [-0.25, -0.2) is 4.98 Å². The first-order valence-corrected chi connectivity index (χ1v) is 7.60. The molecule has 1 amide bonds. The van der Waals surface area contributed by atoms with Crippen molar-refractivity contribution in [3.8, 4) is 10.8 Å². The maximum absolute atomic E-state index is 12.2. The van der Waals surface area contributed by atoms with E-state index in [1.165, 1.54) is 11.3 Å². The number of aryl methyl sites for hydroxylation is 1. The molecule has 0 atom stereocenters. The number of aromatic nitrogens is 1. The van der Waals surface area contributed by atoms with Crippen LogP contribution in [0.1, 0.15) is 11.5 Å². The summed E-state index contributed by atoms with van der Waals surface area (Å²) in [5.74, 6) is 1.79. The van der Waals surface area contributed by atoms with Crippen molar-refractivity contribution in [1.29, 1.82) is 0 Å². The molecule has 1 N–H and O–H groups in total. The predicted molar refractivity (Wildman–Crippen MR) is 85.0 cm³/mol. The van der Waals surface area contributed by atoms with Crippen molar-refractivity contribution in [2.45, 2.75) is 13.3 Å². The van der Waals surface area contributed by atoms with E-state index >= 15 is 0 Å². The minimum absolute atomic E-state index is 0. The fraction of sp³-hybridized carbons (Fsp3) is 0.429. The Morgan fingerprint density at radius 1 is 1.43 bits per heavy atom. The summed E-state index contributed by atoms with van der Waals surface area (Å²) in [7, 11) is 0. The summed E-state index contributed by atoms with van der Waals surface area (Å²) < 4.78 is 5.55. The first-order valence-electron chi connectivity index (χ1n) is 6.72. The van der Waals surface area contributed by atoms with Gasteiger partial charge in [-0.15, -0.1) is 23.7 Å². The Balaban J connectivity index is 0.00000161. The average molecular weight is 328 g/mol. The van der Waals surface area contributed by atoms with E-state index in [-0.39, 0.29) is 18.3 Å². The van der Waals surface area contributed by atoms with E-state index in [4.69, 9.17) is 4.42 Å². The minimum atomic E-state index is 0. The fourth-order valence-corrected chi connectivity index (χ4v) is 3.01. The Morgan fingerprint density at radius 2 is 2.19 bits per heavy atom. The average Bonchev–Trinajstić information content (AvgIpc) is 3.09. The number of hydrogen-bond acceptors (Lipinski definition) is 5. The van der Waals surface area contributed by atoms with Gasteiger partial charge in [0.15, 0.2) is 10.8 Å². The van der Waals surface area contributed by atoms with Crippen molar-refractivity contribution >= 4 is 29.7 Å². The number of thiazole rings is 1. The largest absolute Gasteiger partial charge is 0.459 e. The summed E-state index contributed by atoms with van der Waals surface area (Å²) in [6.45, 7) is 5.23. The van der Waals surface area contributed by atoms with Gasteiger partial charge in [-0.05, 0) is 19.1 Å². The number of piperazine rings is 1. The van der Waals surface area contributed by atoms with Crippen LogP contribution >= 0.6 is 23.7 Å². The zero-order chi connectivity index (χ0) is 13.9. The Bertz CT molecular complexity index is 605. The van der Waals surface area contributed by atoms with Crippen LogP contribution in [0.25, 0.3) is 10.8 Å². The van der Waals surface area contributed by atoms with Crippen LogP contribution < -0.4 is 5.32 Å². The number of carbonyl (C=O) groups excluding carboxylic acids is 1. The number of rotatable bonds is 3. The van der Waals surface area contributed by atoms with E-state index in [9.17, 15) is 4.79 Å². The van der Waals surface area contributed by atoms with E-state index in [2.05, 4.69) is 10.3 Å². The lowest BCUT2D eigenvalue weighted by Gasteiger charge is -2.27. The molecule has 2 aromatic heterocycles. The van der Waals surface area contributed by atoms with Gasteiger partial charge in [0.25, 0.3) is 0 Å². The Labute approximate surface area is 133 Å². The molecule has 114 valence electrons. The third-order valence-corrected chi connectivity index (χ3v) is 4.21. The third kappa shape index (κ3) is 3.84. The van der Waals surface area contributed by atoms with Gasteiger partial charge in [0.1, 0.15) is 5.76 Å². The van der Waals surface area contributed by atoms with Crippen molar-refractivity contribution < 1.29 is 9.21 Å². The second-order valence-electron chi connectivity index (χ2n) is 4.86. The zero-order valence-corrected chi connectivity index (χ0v) is 13.4. The molecular formula is C14H18ClN3O2S. The molecule has 3 heterocycles. The standard InChI is InChI=1S/C14H17N3O2S.ClH/c1-10-2-3-12(19-10)14-16-11(9-20-14)8-13(18)17-6-4-15-5-7-17;/h2-3,9,15H,4-8H2,1H3;1H. The fourth-order valence-electron chi connectivity index (χ4n) is 2.23. The summed E-state index contributed by atoms with van der Waals surface area (Å²) >= 11 is 1.52. The van der Waals surface area contributed by atoms with Gasteiger partial charge in [-0.3, -0.25) is 4.79 Å². The van der Waals surface area contributed by atoms with Gasteiger partial charge in [0, 0.05) is 31.6 Å². The second kappa shape index (κ2) is 7.06. The molecule has 21 heavy (non-hydrogen) atoms. The van der Waals surface area contributed by atoms with Gasteiger partial charge in [-0.1, -0.05) is 0 Å². The van der Waals surface area contributed by atoms with E-state index < -0.39 is 0 Å². The number of halogens is 1.